The third-order valence-electron chi connectivity index (χ3n) is 5.51. The molecule has 1 aromatic carbocycles. The van der Waals surface area contributed by atoms with Crippen LogP contribution in [0.25, 0.3) is 0 Å². The van der Waals surface area contributed by atoms with Gasteiger partial charge in [-0.3, -0.25) is 4.99 Å². The molecule has 0 atom stereocenters. The number of alkyl halides is 2. The molecule has 0 aromatic heterocycles. The number of nitrogens with zero attached hydrogens (tertiary/aromatic N) is 1. The van der Waals surface area contributed by atoms with E-state index < -0.39 is 6.61 Å². The zero-order valence-electron chi connectivity index (χ0n) is 18.0. The summed E-state index contributed by atoms with van der Waals surface area (Å²) in [6.45, 7) is -0.633. The van der Waals surface area contributed by atoms with E-state index in [0.717, 1.165) is 31.1 Å². The summed E-state index contributed by atoms with van der Waals surface area (Å²) < 4.78 is 40.0. The molecule has 1 aromatic rings. The number of benzene rings is 1. The van der Waals surface area contributed by atoms with Crippen LogP contribution < -0.4 is 20.1 Å². The zero-order chi connectivity index (χ0) is 21.1. The Labute approximate surface area is 195 Å². The maximum atomic E-state index is 12.6. The lowest BCUT2D eigenvalue weighted by Gasteiger charge is -2.30. The summed E-state index contributed by atoms with van der Waals surface area (Å²) in [5, 5.41) is 6.73. The quantitative estimate of drug-likeness (QED) is 0.250. The Kier molecular flexibility index (Phi) is 12.3. The normalized spacial score (nSPS) is 15.6. The minimum absolute atomic E-state index is 0. The Morgan fingerprint density at radius 3 is 2.50 bits per heavy atom. The van der Waals surface area contributed by atoms with Crippen molar-refractivity contribution < 1.29 is 23.0 Å². The van der Waals surface area contributed by atoms with E-state index in [1.165, 1.54) is 32.8 Å². The van der Waals surface area contributed by atoms with E-state index in [1.807, 2.05) is 6.07 Å². The van der Waals surface area contributed by atoms with Crippen molar-refractivity contribution >= 4 is 29.9 Å². The molecule has 2 N–H and O–H groups in total. The SMILES string of the molecule is CN=C(NCCc1ccc(OC)c(OC(F)F)c1)NCC1(CCOC)CCCC1.I. The van der Waals surface area contributed by atoms with Gasteiger partial charge < -0.3 is 24.8 Å². The van der Waals surface area contributed by atoms with Crippen molar-refractivity contribution in [2.75, 3.05) is 41.0 Å². The Hall–Kier alpha value is -1.36. The van der Waals surface area contributed by atoms with Crippen molar-refractivity contribution in [3.05, 3.63) is 23.8 Å². The summed E-state index contributed by atoms with van der Waals surface area (Å²) in [4.78, 5) is 4.30. The molecule has 1 saturated carbocycles. The second kappa shape index (κ2) is 13.8. The first kappa shape index (κ1) is 26.7. The highest BCUT2D eigenvalue weighted by Crippen LogP contribution is 2.40. The molecule has 0 bridgehead atoms. The molecular weight excluding hydrogens is 507 g/mol. The van der Waals surface area contributed by atoms with Crippen LogP contribution in [0.5, 0.6) is 11.5 Å². The van der Waals surface area contributed by atoms with Gasteiger partial charge in [0.1, 0.15) is 0 Å². The van der Waals surface area contributed by atoms with Crippen LogP contribution in [0.2, 0.25) is 0 Å². The van der Waals surface area contributed by atoms with Crippen molar-refractivity contribution in [1.82, 2.24) is 10.6 Å². The summed E-state index contributed by atoms with van der Waals surface area (Å²) in [5.74, 6) is 1.08. The summed E-state index contributed by atoms with van der Waals surface area (Å²) in [5.41, 5.74) is 1.14. The van der Waals surface area contributed by atoms with Gasteiger partial charge in [0.25, 0.3) is 0 Å². The van der Waals surface area contributed by atoms with Gasteiger partial charge in [-0.25, -0.2) is 0 Å². The maximum absolute atomic E-state index is 12.6. The van der Waals surface area contributed by atoms with Crippen LogP contribution in [-0.4, -0.2) is 53.5 Å². The Morgan fingerprint density at radius 2 is 1.90 bits per heavy atom. The first-order chi connectivity index (χ1) is 14.0. The molecule has 9 heteroatoms. The van der Waals surface area contributed by atoms with Crippen molar-refractivity contribution in [3.8, 4) is 11.5 Å². The maximum Gasteiger partial charge on any atom is 0.387 e. The number of ether oxygens (including phenoxy) is 3. The van der Waals surface area contributed by atoms with Gasteiger partial charge in [0, 0.05) is 33.9 Å². The molecule has 2 rings (SSSR count). The van der Waals surface area contributed by atoms with Crippen LogP contribution in [0.1, 0.15) is 37.7 Å². The number of guanidine groups is 1. The van der Waals surface area contributed by atoms with Gasteiger partial charge in [-0.2, -0.15) is 8.78 Å². The number of rotatable bonds is 11. The van der Waals surface area contributed by atoms with E-state index in [9.17, 15) is 8.78 Å². The van der Waals surface area contributed by atoms with E-state index in [0.29, 0.717) is 13.0 Å². The number of hydrogen-bond donors (Lipinski definition) is 2. The summed E-state index contributed by atoms with van der Waals surface area (Å²) >= 11 is 0. The molecule has 0 spiro atoms. The van der Waals surface area contributed by atoms with Crippen LogP contribution in [0.3, 0.4) is 0 Å². The fourth-order valence-electron chi connectivity index (χ4n) is 3.84. The molecule has 0 amide bonds. The van der Waals surface area contributed by atoms with Gasteiger partial charge in [-0.1, -0.05) is 18.9 Å². The number of aliphatic imine (C=N–C) groups is 1. The summed E-state index contributed by atoms with van der Waals surface area (Å²) in [6.07, 6.45) is 6.62. The van der Waals surface area contributed by atoms with Gasteiger partial charge >= 0.3 is 6.61 Å². The van der Waals surface area contributed by atoms with Crippen LogP contribution in [0.15, 0.2) is 23.2 Å². The highest BCUT2D eigenvalue weighted by atomic mass is 127. The average molecular weight is 541 g/mol. The largest absolute Gasteiger partial charge is 0.493 e. The average Bonchev–Trinajstić information content (AvgIpc) is 3.18. The first-order valence-corrected chi connectivity index (χ1v) is 10.1. The fourth-order valence-corrected chi connectivity index (χ4v) is 3.84. The minimum atomic E-state index is -2.89. The molecule has 1 aliphatic rings. The predicted molar refractivity (Wildman–Crippen MR) is 126 cm³/mol. The molecule has 6 nitrogen and oxygen atoms in total. The number of halogens is 3. The van der Waals surface area contributed by atoms with E-state index >= 15 is 0 Å². The van der Waals surface area contributed by atoms with Gasteiger partial charge in [-0.15, -0.1) is 24.0 Å². The predicted octanol–water partition coefficient (Wildman–Crippen LogP) is 4.22. The van der Waals surface area contributed by atoms with Crippen LogP contribution in [-0.2, 0) is 11.2 Å². The Bertz CT molecular complexity index is 656. The van der Waals surface area contributed by atoms with Crippen molar-refractivity contribution in [3.63, 3.8) is 0 Å². The Morgan fingerprint density at radius 1 is 1.17 bits per heavy atom. The zero-order valence-corrected chi connectivity index (χ0v) is 20.3. The molecule has 1 fully saturated rings. The number of hydrogen-bond acceptors (Lipinski definition) is 4. The van der Waals surface area contributed by atoms with Crippen molar-refractivity contribution in [2.24, 2.45) is 10.4 Å². The monoisotopic (exact) mass is 541 g/mol. The molecule has 30 heavy (non-hydrogen) atoms. The smallest absolute Gasteiger partial charge is 0.387 e. The molecular formula is C21H34F2IN3O3. The third-order valence-corrected chi connectivity index (χ3v) is 5.51. The molecule has 0 aliphatic heterocycles. The van der Waals surface area contributed by atoms with Gasteiger partial charge in [0.05, 0.1) is 7.11 Å². The molecule has 0 saturated heterocycles. The second-order valence-corrected chi connectivity index (χ2v) is 7.42. The van der Waals surface area contributed by atoms with E-state index in [-0.39, 0.29) is 40.9 Å². The lowest BCUT2D eigenvalue weighted by Crippen LogP contribution is -2.43. The highest BCUT2D eigenvalue weighted by molar-refractivity contribution is 14.0. The summed E-state index contributed by atoms with van der Waals surface area (Å²) in [6, 6.07) is 5.06. The Balaban J connectivity index is 0.00000450. The fraction of sp³-hybridized carbons (Fsp3) is 0.667. The van der Waals surface area contributed by atoms with Crippen LogP contribution in [0, 0.1) is 5.41 Å². The first-order valence-electron chi connectivity index (χ1n) is 10.1. The molecule has 0 unspecified atom stereocenters. The molecule has 0 heterocycles. The van der Waals surface area contributed by atoms with Crippen LogP contribution >= 0.6 is 24.0 Å². The van der Waals surface area contributed by atoms with E-state index in [1.54, 1.807) is 26.3 Å². The van der Waals surface area contributed by atoms with Gasteiger partial charge in [-0.05, 0) is 48.8 Å². The number of methoxy groups -OCH3 is 2. The third kappa shape index (κ3) is 8.41. The highest BCUT2D eigenvalue weighted by Gasteiger charge is 2.33. The topological polar surface area (TPSA) is 64.1 Å². The second-order valence-electron chi connectivity index (χ2n) is 7.42. The summed E-state index contributed by atoms with van der Waals surface area (Å²) in [7, 11) is 4.91. The number of nitrogens with one attached hydrogen (secondary N) is 2. The molecule has 0 radical (unpaired) electrons. The van der Waals surface area contributed by atoms with Crippen molar-refractivity contribution in [2.45, 2.75) is 45.1 Å². The minimum Gasteiger partial charge on any atom is -0.493 e. The molecule has 172 valence electrons. The standard InChI is InChI=1S/C21H33F2N3O3.HI/c1-24-20(26-15-21(11-13-27-2)9-4-5-10-21)25-12-8-16-6-7-17(28-3)18(14-16)29-19(22)23;/h6-7,14,19H,4-5,8-13,15H2,1-3H3,(H2,24,25,26);1H. The lowest BCUT2D eigenvalue weighted by molar-refractivity contribution is -0.0512. The van der Waals surface area contributed by atoms with E-state index in [4.69, 9.17) is 9.47 Å². The molecule has 1 aliphatic carbocycles. The van der Waals surface area contributed by atoms with Crippen molar-refractivity contribution in [1.29, 1.82) is 0 Å². The van der Waals surface area contributed by atoms with Gasteiger partial charge in [0.15, 0.2) is 17.5 Å². The lowest BCUT2D eigenvalue weighted by atomic mass is 9.83. The van der Waals surface area contributed by atoms with E-state index in [2.05, 4.69) is 20.4 Å². The van der Waals surface area contributed by atoms with Gasteiger partial charge in [0.2, 0.25) is 0 Å². The van der Waals surface area contributed by atoms with Crippen LogP contribution in [0.4, 0.5) is 8.78 Å².